The summed E-state index contributed by atoms with van der Waals surface area (Å²) in [6.45, 7) is 3.46. The summed E-state index contributed by atoms with van der Waals surface area (Å²) in [5.41, 5.74) is 3.76. The molecule has 0 unspecified atom stereocenters. The lowest BCUT2D eigenvalue weighted by atomic mass is 9.91. The van der Waals surface area contributed by atoms with Crippen molar-refractivity contribution in [3.63, 3.8) is 0 Å². The van der Waals surface area contributed by atoms with Crippen LogP contribution in [0.25, 0.3) is 10.4 Å². The SMILES string of the molecule is CC(C)OC(=O)CNC(=O)c1cc2c(s1)-c1ccccc1CC2. The Bertz CT molecular complexity index is 748. The maximum Gasteiger partial charge on any atom is 0.325 e. The Kier molecular flexibility index (Phi) is 4.48. The Morgan fingerprint density at radius 2 is 1.96 bits per heavy atom. The van der Waals surface area contributed by atoms with E-state index in [1.54, 1.807) is 13.8 Å². The van der Waals surface area contributed by atoms with Crippen LogP contribution in [-0.2, 0) is 22.4 Å². The molecule has 0 fully saturated rings. The maximum atomic E-state index is 12.3. The second kappa shape index (κ2) is 6.54. The molecular formula is C18H19NO3S. The van der Waals surface area contributed by atoms with Crippen LogP contribution >= 0.6 is 11.3 Å². The minimum Gasteiger partial charge on any atom is -0.462 e. The molecule has 120 valence electrons. The topological polar surface area (TPSA) is 55.4 Å². The third kappa shape index (κ3) is 3.45. The Morgan fingerprint density at radius 3 is 2.74 bits per heavy atom. The molecule has 0 radical (unpaired) electrons. The standard InChI is InChI=1S/C18H19NO3S/c1-11(2)22-16(20)10-19-18(21)15-9-13-8-7-12-5-3-4-6-14(12)17(13)23-15/h3-6,9,11H,7-8,10H2,1-2H3,(H,19,21). The molecule has 1 heterocycles. The van der Waals surface area contributed by atoms with Gasteiger partial charge in [-0.15, -0.1) is 11.3 Å². The van der Waals surface area contributed by atoms with Gasteiger partial charge in [-0.1, -0.05) is 24.3 Å². The molecule has 23 heavy (non-hydrogen) atoms. The normalized spacial score (nSPS) is 12.5. The van der Waals surface area contributed by atoms with E-state index in [9.17, 15) is 9.59 Å². The third-order valence-corrected chi connectivity index (χ3v) is 4.93. The zero-order valence-electron chi connectivity index (χ0n) is 13.2. The number of esters is 1. The van der Waals surface area contributed by atoms with Crippen molar-refractivity contribution in [3.05, 3.63) is 46.3 Å². The largest absolute Gasteiger partial charge is 0.462 e. The van der Waals surface area contributed by atoms with Gasteiger partial charge in [-0.05, 0) is 49.4 Å². The summed E-state index contributed by atoms with van der Waals surface area (Å²) in [6.07, 6.45) is 1.78. The van der Waals surface area contributed by atoms with Gasteiger partial charge in [-0.25, -0.2) is 0 Å². The van der Waals surface area contributed by atoms with Crippen LogP contribution in [0.15, 0.2) is 30.3 Å². The Labute approximate surface area is 139 Å². The van der Waals surface area contributed by atoms with Crippen molar-refractivity contribution in [2.24, 2.45) is 0 Å². The molecule has 1 aliphatic rings. The number of thiophene rings is 1. The van der Waals surface area contributed by atoms with E-state index in [2.05, 4.69) is 17.4 Å². The number of carbonyl (C=O) groups excluding carboxylic acids is 2. The number of hydrogen-bond acceptors (Lipinski definition) is 4. The van der Waals surface area contributed by atoms with Crippen molar-refractivity contribution in [1.29, 1.82) is 0 Å². The molecule has 4 nitrogen and oxygen atoms in total. The monoisotopic (exact) mass is 329 g/mol. The van der Waals surface area contributed by atoms with Gasteiger partial charge in [-0.2, -0.15) is 0 Å². The fourth-order valence-corrected chi connectivity index (χ4v) is 3.91. The first kappa shape index (κ1) is 15.7. The molecule has 0 saturated carbocycles. The molecular weight excluding hydrogens is 310 g/mol. The number of ether oxygens (including phenoxy) is 1. The first-order valence-corrected chi connectivity index (χ1v) is 8.55. The Hall–Kier alpha value is -2.14. The van der Waals surface area contributed by atoms with Gasteiger partial charge in [0.05, 0.1) is 11.0 Å². The predicted octanol–water partition coefficient (Wildman–Crippen LogP) is 3.20. The number of benzene rings is 1. The second-order valence-electron chi connectivity index (χ2n) is 5.84. The highest BCUT2D eigenvalue weighted by molar-refractivity contribution is 7.17. The van der Waals surface area contributed by atoms with Gasteiger partial charge in [0.1, 0.15) is 6.54 Å². The van der Waals surface area contributed by atoms with Crippen LogP contribution < -0.4 is 5.32 Å². The van der Waals surface area contributed by atoms with Crippen molar-refractivity contribution in [1.82, 2.24) is 5.32 Å². The highest BCUT2D eigenvalue weighted by atomic mass is 32.1. The molecule has 2 aromatic rings. The van der Waals surface area contributed by atoms with E-state index in [1.165, 1.54) is 32.9 Å². The van der Waals surface area contributed by atoms with E-state index in [0.717, 1.165) is 12.8 Å². The van der Waals surface area contributed by atoms with E-state index < -0.39 is 5.97 Å². The number of aryl methyl sites for hydroxylation is 2. The van der Waals surface area contributed by atoms with Crippen molar-refractivity contribution < 1.29 is 14.3 Å². The van der Waals surface area contributed by atoms with Crippen LogP contribution in [0.2, 0.25) is 0 Å². The van der Waals surface area contributed by atoms with Crippen LogP contribution in [0.3, 0.4) is 0 Å². The summed E-state index contributed by atoms with van der Waals surface area (Å²) in [6, 6.07) is 10.3. The van der Waals surface area contributed by atoms with Gasteiger partial charge in [0.2, 0.25) is 0 Å². The van der Waals surface area contributed by atoms with Crippen LogP contribution in [0.1, 0.15) is 34.6 Å². The number of rotatable bonds is 4. The van der Waals surface area contributed by atoms with E-state index in [1.807, 2.05) is 18.2 Å². The molecule has 1 amide bonds. The first-order chi connectivity index (χ1) is 11.0. The lowest BCUT2D eigenvalue weighted by Gasteiger charge is -2.15. The minimum atomic E-state index is -0.417. The van der Waals surface area contributed by atoms with Gasteiger partial charge in [0.25, 0.3) is 5.91 Å². The zero-order chi connectivity index (χ0) is 16.4. The molecule has 0 atom stereocenters. The van der Waals surface area contributed by atoms with E-state index in [4.69, 9.17) is 4.74 Å². The molecule has 1 aliphatic carbocycles. The van der Waals surface area contributed by atoms with Gasteiger partial charge in [0.15, 0.2) is 0 Å². The van der Waals surface area contributed by atoms with Gasteiger partial charge in [0, 0.05) is 4.88 Å². The maximum absolute atomic E-state index is 12.3. The van der Waals surface area contributed by atoms with Crippen molar-refractivity contribution in [3.8, 4) is 10.4 Å². The summed E-state index contributed by atoms with van der Waals surface area (Å²) in [4.78, 5) is 25.6. The molecule has 0 spiro atoms. The summed E-state index contributed by atoms with van der Waals surface area (Å²) in [5.74, 6) is -0.636. The number of fused-ring (bicyclic) bond motifs is 3. The summed E-state index contributed by atoms with van der Waals surface area (Å²) in [5, 5.41) is 2.63. The van der Waals surface area contributed by atoms with Crippen molar-refractivity contribution in [2.75, 3.05) is 6.54 Å². The fraction of sp³-hybridized carbons (Fsp3) is 0.333. The fourth-order valence-electron chi connectivity index (χ4n) is 2.73. The van der Waals surface area contributed by atoms with E-state index in [-0.39, 0.29) is 18.6 Å². The highest BCUT2D eigenvalue weighted by Crippen LogP contribution is 2.39. The Balaban J connectivity index is 1.72. The van der Waals surface area contributed by atoms with Crippen LogP contribution in [0.4, 0.5) is 0 Å². The van der Waals surface area contributed by atoms with Gasteiger partial charge >= 0.3 is 5.97 Å². The quantitative estimate of drug-likeness (QED) is 0.877. The average Bonchev–Trinajstić information content (AvgIpc) is 2.96. The zero-order valence-corrected chi connectivity index (χ0v) is 14.0. The molecule has 1 aromatic heterocycles. The molecule has 0 saturated heterocycles. The van der Waals surface area contributed by atoms with Crippen LogP contribution in [-0.4, -0.2) is 24.5 Å². The van der Waals surface area contributed by atoms with Crippen molar-refractivity contribution in [2.45, 2.75) is 32.8 Å². The summed E-state index contributed by atoms with van der Waals surface area (Å²) >= 11 is 1.49. The average molecular weight is 329 g/mol. The van der Waals surface area contributed by atoms with Crippen LogP contribution in [0.5, 0.6) is 0 Å². The third-order valence-electron chi connectivity index (χ3n) is 3.72. The smallest absolute Gasteiger partial charge is 0.325 e. The predicted molar refractivity (Wildman–Crippen MR) is 90.7 cm³/mol. The molecule has 1 aromatic carbocycles. The lowest BCUT2D eigenvalue weighted by Crippen LogP contribution is -2.31. The molecule has 0 bridgehead atoms. The first-order valence-electron chi connectivity index (χ1n) is 7.73. The summed E-state index contributed by atoms with van der Waals surface area (Å²) in [7, 11) is 0. The van der Waals surface area contributed by atoms with Crippen molar-refractivity contribution >= 4 is 23.2 Å². The van der Waals surface area contributed by atoms with E-state index in [0.29, 0.717) is 4.88 Å². The molecule has 0 aliphatic heterocycles. The van der Waals surface area contributed by atoms with E-state index >= 15 is 0 Å². The lowest BCUT2D eigenvalue weighted by molar-refractivity contribution is -0.146. The second-order valence-corrected chi connectivity index (χ2v) is 6.90. The van der Waals surface area contributed by atoms with Gasteiger partial charge in [-0.3, -0.25) is 9.59 Å². The number of nitrogens with one attached hydrogen (secondary N) is 1. The molecule has 1 N–H and O–H groups in total. The summed E-state index contributed by atoms with van der Waals surface area (Å²) < 4.78 is 5.01. The molecule has 5 heteroatoms. The van der Waals surface area contributed by atoms with Gasteiger partial charge < -0.3 is 10.1 Å². The Morgan fingerprint density at radius 1 is 1.22 bits per heavy atom. The highest BCUT2D eigenvalue weighted by Gasteiger charge is 2.21. The van der Waals surface area contributed by atoms with Crippen LogP contribution in [0, 0.1) is 0 Å². The number of carbonyl (C=O) groups is 2. The minimum absolute atomic E-state index is 0.101. The number of hydrogen-bond donors (Lipinski definition) is 1. The molecule has 3 rings (SSSR count). The number of amides is 1.